The van der Waals surface area contributed by atoms with Crippen LogP contribution >= 0.6 is 11.8 Å². The number of rotatable bonds is 12. The molecule has 0 spiro atoms. The highest BCUT2D eigenvalue weighted by Crippen LogP contribution is 2.32. The molecule has 4 N–H and O–H groups in total. The third kappa shape index (κ3) is 8.94. The van der Waals surface area contributed by atoms with Crippen LogP contribution < -0.4 is 16.0 Å². The van der Waals surface area contributed by atoms with E-state index in [0.29, 0.717) is 5.69 Å². The van der Waals surface area contributed by atoms with Crippen molar-refractivity contribution < 1.29 is 37.9 Å². The Bertz CT molecular complexity index is 1110. The number of carbonyl (C=O) groups is 5. The van der Waals surface area contributed by atoms with Crippen LogP contribution in [0.15, 0.2) is 18.3 Å². The average Bonchev–Trinajstić information content (AvgIpc) is 3.19. The normalized spacial score (nSPS) is 17.6. The van der Waals surface area contributed by atoms with E-state index in [1.165, 1.54) is 37.0 Å². The predicted octanol–water partition coefficient (Wildman–Crippen LogP) is 0.288. The fourth-order valence-electron chi connectivity index (χ4n) is 3.58. The Morgan fingerprint density at radius 3 is 2.58 bits per heavy atom. The number of thioether (sulfide) groups is 1. The first-order chi connectivity index (χ1) is 17.9. The van der Waals surface area contributed by atoms with E-state index < -0.39 is 66.6 Å². The number of pyridine rings is 1. The molecule has 2 heterocycles. The number of hydrogen-bond acceptors (Lipinski definition) is 8. The van der Waals surface area contributed by atoms with Gasteiger partial charge in [-0.1, -0.05) is 0 Å². The van der Waals surface area contributed by atoms with Crippen molar-refractivity contribution in [2.75, 3.05) is 18.6 Å². The lowest BCUT2D eigenvalue weighted by Gasteiger charge is -2.23. The number of halogens is 2. The van der Waals surface area contributed by atoms with Gasteiger partial charge in [0.25, 0.3) is 11.8 Å². The zero-order valence-corrected chi connectivity index (χ0v) is 21.5. The number of carboxylic acids is 1. The summed E-state index contributed by atoms with van der Waals surface area (Å²) in [5.41, 5.74) is 0.393. The SMILES string of the molecule is CSCC(NC(=O)CCC(=O)NCc1cc(C(=O)N[C@@H](C)C(=O)N2CC(F)(F)C[C@H]2C#N)ccn1)C(=O)O. The van der Waals surface area contributed by atoms with Gasteiger partial charge in [-0.2, -0.15) is 17.0 Å². The zero-order valence-electron chi connectivity index (χ0n) is 20.7. The fraction of sp³-hybridized carbons (Fsp3) is 0.522. The van der Waals surface area contributed by atoms with Crippen LogP contribution in [0.1, 0.15) is 42.2 Å². The van der Waals surface area contributed by atoms with E-state index >= 15 is 0 Å². The summed E-state index contributed by atoms with van der Waals surface area (Å²) in [6.45, 7) is 0.347. The summed E-state index contributed by atoms with van der Waals surface area (Å²) in [4.78, 5) is 65.1. The molecular weight excluding hydrogens is 526 g/mol. The molecule has 206 valence electrons. The van der Waals surface area contributed by atoms with E-state index in [2.05, 4.69) is 20.9 Å². The highest BCUT2D eigenvalue weighted by molar-refractivity contribution is 7.98. The van der Waals surface area contributed by atoms with Crippen LogP contribution in [0.4, 0.5) is 8.78 Å². The summed E-state index contributed by atoms with van der Waals surface area (Å²) in [5.74, 6) is -6.74. The Morgan fingerprint density at radius 2 is 1.95 bits per heavy atom. The van der Waals surface area contributed by atoms with Crippen LogP contribution in [0.3, 0.4) is 0 Å². The van der Waals surface area contributed by atoms with Crippen LogP contribution in [0, 0.1) is 11.3 Å². The lowest BCUT2D eigenvalue weighted by molar-refractivity contribution is -0.141. The number of likely N-dealkylation sites (tertiary alicyclic amines) is 1. The Labute approximate surface area is 221 Å². The summed E-state index contributed by atoms with van der Waals surface area (Å²) >= 11 is 1.26. The van der Waals surface area contributed by atoms with Gasteiger partial charge in [0.1, 0.15) is 18.1 Å². The number of aliphatic carboxylic acids is 1. The maximum absolute atomic E-state index is 13.6. The first-order valence-corrected chi connectivity index (χ1v) is 12.9. The standard InChI is InChI=1S/C23H28F2N6O6S/c1-13(21(35)31-12-23(24,25)8-16(31)9-26)29-20(34)14-5-6-27-15(7-14)10-28-18(32)3-4-19(33)30-17(11-38-2)22(36)37/h5-7,13,16-17H,3-4,8,10-12H2,1-2H3,(H,28,32)(H,29,34)(H,30,33)(H,36,37)/t13-,16-,17?/m0/s1. The Balaban J connectivity index is 1.86. The molecule has 1 fully saturated rings. The monoisotopic (exact) mass is 554 g/mol. The summed E-state index contributed by atoms with van der Waals surface area (Å²) in [7, 11) is 0. The van der Waals surface area contributed by atoms with Crippen LogP contribution in [0.2, 0.25) is 0 Å². The number of carbonyl (C=O) groups excluding carboxylic acids is 4. The third-order valence-electron chi connectivity index (χ3n) is 5.51. The highest BCUT2D eigenvalue weighted by atomic mass is 32.2. The molecule has 1 saturated heterocycles. The molecule has 0 saturated carbocycles. The maximum Gasteiger partial charge on any atom is 0.327 e. The fourth-order valence-corrected chi connectivity index (χ4v) is 4.14. The van der Waals surface area contributed by atoms with Crippen molar-refractivity contribution in [2.24, 2.45) is 0 Å². The minimum absolute atomic E-state index is 0.0764. The minimum atomic E-state index is -3.18. The number of carboxylic acid groups (broad SMARTS) is 1. The molecule has 2 rings (SSSR count). The molecule has 0 aliphatic carbocycles. The molecule has 0 bridgehead atoms. The van der Waals surface area contributed by atoms with Gasteiger partial charge in [0.05, 0.1) is 24.9 Å². The molecule has 12 nitrogen and oxygen atoms in total. The van der Waals surface area contributed by atoms with E-state index in [1.807, 2.05) is 0 Å². The van der Waals surface area contributed by atoms with Crippen molar-refractivity contribution >= 4 is 41.4 Å². The van der Waals surface area contributed by atoms with Gasteiger partial charge in [0.15, 0.2) is 0 Å². The maximum atomic E-state index is 13.6. The van der Waals surface area contributed by atoms with E-state index in [0.717, 1.165) is 4.90 Å². The van der Waals surface area contributed by atoms with Crippen molar-refractivity contribution in [3.63, 3.8) is 0 Å². The van der Waals surface area contributed by atoms with Crippen molar-refractivity contribution in [1.29, 1.82) is 5.26 Å². The van der Waals surface area contributed by atoms with E-state index in [9.17, 15) is 32.8 Å². The predicted molar refractivity (Wildman–Crippen MR) is 131 cm³/mol. The minimum Gasteiger partial charge on any atom is -0.480 e. The van der Waals surface area contributed by atoms with Gasteiger partial charge in [-0.25, -0.2) is 13.6 Å². The topological polar surface area (TPSA) is 182 Å². The van der Waals surface area contributed by atoms with E-state index in [1.54, 1.807) is 12.3 Å². The summed E-state index contributed by atoms with van der Waals surface area (Å²) in [6.07, 6.45) is 1.82. The zero-order chi connectivity index (χ0) is 28.5. The summed E-state index contributed by atoms with van der Waals surface area (Å²) in [5, 5.41) is 25.4. The molecule has 1 unspecified atom stereocenters. The Hall–Kier alpha value is -3.80. The average molecular weight is 555 g/mol. The van der Waals surface area contributed by atoms with Crippen molar-refractivity contribution in [1.82, 2.24) is 25.8 Å². The lowest BCUT2D eigenvalue weighted by atomic mass is 10.1. The second-order valence-corrected chi connectivity index (χ2v) is 9.50. The van der Waals surface area contributed by atoms with Gasteiger partial charge >= 0.3 is 5.97 Å². The number of nitrogens with one attached hydrogen (secondary N) is 3. The Morgan fingerprint density at radius 1 is 1.26 bits per heavy atom. The van der Waals surface area contributed by atoms with Gasteiger partial charge in [-0.3, -0.25) is 24.2 Å². The third-order valence-corrected chi connectivity index (χ3v) is 6.18. The number of nitriles is 1. The van der Waals surface area contributed by atoms with Crippen molar-refractivity contribution in [3.05, 3.63) is 29.6 Å². The van der Waals surface area contributed by atoms with Crippen molar-refractivity contribution in [2.45, 2.75) is 56.8 Å². The first-order valence-electron chi connectivity index (χ1n) is 11.5. The number of hydrogen-bond donors (Lipinski definition) is 4. The van der Waals surface area contributed by atoms with Crippen LogP contribution in [0.5, 0.6) is 0 Å². The largest absolute Gasteiger partial charge is 0.480 e. The molecule has 1 aromatic rings. The molecule has 4 amide bonds. The molecular formula is C23H28F2N6O6S. The molecule has 15 heteroatoms. The number of alkyl halides is 2. The molecule has 1 aliphatic heterocycles. The van der Waals surface area contributed by atoms with Gasteiger partial charge in [-0.15, -0.1) is 0 Å². The van der Waals surface area contributed by atoms with E-state index in [4.69, 9.17) is 10.4 Å². The second-order valence-electron chi connectivity index (χ2n) is 8.59. The van der Waals surface area contributed by atoms with Gasteiger partial charge in [-0.05, 0) is 25.3 Å². The molecule has 38 heavy (non-hydrogen) atoms. The highest BCUT2D eigenvalue weighted by Gasteiger charge is 2.48. The summed E-state index contributed by atoms with van der Waals surface area (Å²) < 4.78 is 27.3. The molecule has 0 radical (unpaired) electrons. The van der Waals surface area contributed by atoms with Crippen LogP contribution in [-0.4, -0.2) is 87.2 Å². The molecule has 0 aromatic carbocycles. The number of nitrogens with zero attached hydrogens (tertiary/aromatic N) is 3. The van der Waals surface area contributed by atoms with Gasteiger partial charge in [0.2, 0.25) is 17.7 Å². The van der Waals surface area contributed by atoms with Gasteiger partial charge in [0, 0.05) is 36.8 Å². The molecule has 1 aliphatic rings. The van der Waals surface area contributed by atoms with Crippen molar-refractivity contribution in [3.8, 4) is 6.07 Å². The number of amides is 4. The molecule has 3 atom stereocenters. The van der Waals surface area contributed by atoms with Crippen LogP contribution in [-0.2, 0) is 25.7 Å². The smallest absolute Gasteiger partial charge is 0.327 e. The second kappa shape index (κ2) is 13.7. The Kier molecular flexibility index (Phi) is 10.9. The summed E-state index contributed by atoms with van der Waals surface area (Å²) in [6, 6.07) is 0.884. The van der Waals surface area contributed by atoms with Crippen LogP contribution in [0.25, 0.3) is 0 Å². The first kappa shape index (κ1) is 30.4. The molecule has 1 aromatic heterocycles. The quantitative estimate of drug-likeness (QED) is 0.282. The lowest BCUT2D eigenvalue weighted by Crippen LogP contribution is -2.48. The van der Waals surface area contributed by atoms with E-state index in [-0.39, 0.29) is 30.7 Å². The number of aromatic nitrogens is 1. The van der Waals surface area contributed by atoms with Gasteiger partial charge < -0.3 is 26.0 Å².